The van der Waals surface area contributed by atoms with Crippen LogP contribution < -0.4 is 25.2 Å². The number of fused-ring (bicyclic) bond motifs is 1. The van der Waals surface area contributed by atoms with Crippen molar-refractivity contribution in [1.82, 2.24) is 10.6 Å². The Balaban J connectivity index is 1.49. The zero-order valence-electron chi connectivity index (χ0n) is 14.7. The Bertz CT molecular complexity index is 915. The van der Waals surface area contributed by atoms with Crippen LogP contribution in [0.15, 0.2) is 53.4 Å². The van der Waals surface area contributed by atoms with Gasteiger partial charge in [-0.2, -0.15) is 0 Å². The topological polar surface area (TPSA) is 120 Å². The van der Waals surface area contributed by atoms with Gasteiger partial charge in [0.15, 0.2) is 17.6 Å². The number of sulfonamides is 1. The highest BCUT2D eigenvalue weighted by Crippen LogP contribution is 2.30. The van der Waals surface area contributed by atoms with Gasteiger partial charge in [0.2, 0.25) is 10.0 Å². The third kappa shape index (κ3) is 4.89. The van der Waals surface area contributed by atoms with Crippen LogP contribution in [-0.4, -0.2) is 33.7 Å². The summed E-state index contributed by atoms with van der Waals surface area (Å²) >= 11 is 0. The molecule has 1 heterocycles. The summed E-state index contributed by atoms with van der Waals surface area (Å²) in [5.41, 5.74) is 0.753. The molecule has 4 N–H and O–H groups in total. The first kappa shape index (κ1) is 19.0. The van der Waals surface area contributed by atoms with E-state index in [1.165, 1.54) is 12.1 Å². The molecule has 144 valence electrons. The van der Waals surface area contributed by atoms with Crippen LogP contribution in [0.2, 0.25) is 0 Å². The number of benzene rings is 2. The van der Waals surface area contributed by atoms with Crippen molar-refractivity contribution in [2.24, 2.45) is 5.14 Å². The number of amides is 2. The number of nitrogens with two attached hydrogens (primary N) is 1. The van der Waals surface area contributed by atoms with Gasteiger partial charge in [-0.05, 0) is 36.8 Å². The van der Waals surface area contributed by atoms with Crippen molar-refractivity contribution >= 4 is 16.1 Å². The van der Waals surface area contributed by atoms with Crippen LogP contribution in [0.25, 0.3) is 0 Å². The Morgan fingerprint density at radius 2 is 1.85 bits per heavy atom. The number of rotatable bonds is 5. The maximum Gasteiger partial charge on any atom is 0.315 e. The summed E-state index contributed by atoms with van der Waals surface area (Å²) in [6, 6.07) is 12.7. The zero-order valence-corrected chi connectivity index (χ0v) is 15.5. The van der Waals surface area contributed by atoms with Gasteiger partial charge >= 0.3 is 6.03 Å². The molecule has 1 aliphatic rings. The van der Waals surface area contributed by atoms with E-state index >= 15 is 0 Å². The van der Waals surface area contributed by atoms with Gasteiger partial charge in [-0.25, -0.2) is 18.4 Å². The van der Waals surface area contributed by atoms with Crippen molar-refractivity contribution in [2.75, 3.05) is 13.2 Å². The number of hydrogen-bond donors (Lipinski definition) is 3. The minimum absolute atomic E-state index is 0.0256. The van der Waals surface area contributed by atoms with Crippen molar-refractivity contribution in [1.29, 1.82) is 0 Å². The van der Waals surface area contributed by atoms with Gasteiger partial charge in [-0.3, -0.25) is 0 Å². The molecule has 2 atom stereocenters. The van der Waals surface area contributed by atoms with Crippen LogP contribution in [0.1, 0.15) is 18.5 Å². The number of carbonyl (C=O) groups excluding carboxylic acids is 1. The molecule has 27 heavy (non-hydrogen) atoms. The molecule has 2 amide bonds. The van der Waals surface area contributed by atoms with E-state index in [0.29, 0.717) is 18.1 Å². The summed E-state index contributed by atoms with van der Waals surface area (Å²) in [7, 11) is -3.74. The number of urea groups is 1. The zero-order chi connectivity index (χ0) is 19.4. The van der Waals surface area contributed by atoms with E-state index in [1.807, 2.05) is 24.3 Å². The third-order valence-corrected chi connectivity index (χ3v) is 5.04. The first-order valence-electron chi connectivity index (χ1n) is 8.38. The molecule has 0 saturated carbocycles. The lowest BCUT2D eigenvalue weighted by molar-refractivity contribution is 0.0917. The second-order valence-electron chi connectivity index (χ2n) is 6.19. The summed E-state index contributed by atoms with van der Waals surface area (Å²) in [4.78, 5) is 12.1. The molecular formula is C18H21N3O5S. The predicted molar refractivity (Wildman–Crippen MR) is 99.1 cm³/mol. The maximum absolute atomic E-state index is 12.1. The first-order chi connectivity index (χ1) is 12.8. The fourth-order valence-corrected chi connectivity index (χ4v) is 3.16. The van der Waals surface area contributed by atoms with Gasteiger partial charge in [0, 0.05) is 0 Å². The largest absolute Gasteiger partial charge is 0.486 e. The quantitative estimate of drug-likeness (QED) is 0.714. The molecule has 2 unspecified atom stereocenters. The highest BCUT2D eigenvalue weighted by atomic mass is 32.2. The molecule has 0 bridgehead atoms. The van der Waals surface area contributed by atoms with Crippen LogP contribution >= 0.6 is 0 Å². The van der Waals surface area contributed by atoms with Crippen molar-refractivity contribution < 1.29 is 22.7 Å². The summed E-state index contributed by atoms with van der Waals surface area (Å²) in [6.07, 6.45) is -0.282. The predicted octanol–water partition coefficient (Wildman–Crippen LogP) is 1.53. The van der Waals surface area contributed by atoms with Crippen molar-refractivity contribution in [3.8, 4) is 11.5 Å². The average molecular weight is 391 g/mol. The molecule has 2 aromatic carbocycles. The fourth-order valence-electron chi connectivity index (χ4n) is 2.65. The number of carbonyl (C=O) groups is 1. The van der Waals surface area contributed by atoms with Crippen LogP contribution in [-0.2, 0) is 10.0 Å². The molecule has 3 rings (SSSR count). The van der Waals surface area contributed by atoms with E-state index in [9.17, 15) is 13.2 Å². The molecule has 0 spiro atoms. The monoisotopic (exact) mass is 391 g/mol. The second kappa shape index (κ2) is 7.85. The highest BCUT2D eigenvalue weighted by Gasteiger charge is 2.21. The minimum atomic E-state index is -3.74. The smallest absolute Gasteiger partial charge is 0.315 e. The maximum atomic E-state index is 12.1. The minimum Gasteiger partial charge on any atom is -0.486 e. The Morgan fingerprint density at radius 1 is 1.19 bits per heavy atom. The lowest BCUT2D eigenvalue weighted by atomic mass is 10.1. The molecule has 2 aromatic rings. The van der Waals surface area contributed by atoms with Crippen molar-refractivity contribution in [3.63, 3.8) is 0 Å². The number of nitrogens with one attached hydrogen (secondary N) is 2. The molecule has 1 aliphatic heterocycles. The molecule has 0 aliphatic carbocycles. The van der Waals surface area contributed by atoms with E-state index < -0.39 is 10.0 Å². The lowest BCUT2D eigenvalue weighted by Gasteiger charge is -2.26. The van der Waals surface area contributed by atoms with E-state index in [1.54, 1.807) is 19.1 Å². The molecule has 9 heteroatoms. The Kier molecular flexibility index (Phi) is 5.52. The van der Waals surface area contributed by atoms with Crippen LogP contribution in [0.3, 0.4) is 0 Å². The van der Waals surface area contributed by atoms with Gasteiger partial charge < -0.3 is 20.1 Å². The highest BCUT2D eigenvalue weighted by molar-refractivity contribution is 7.89. The normalized spacial score (nSPS) is 17.0. The van der Waals surface area contributed by atoms with Gasteiger partial charge in [0.1, 0.15) is 6.61 Å². The van der Waals surface area contributed by atoms with E-state index in [4.69, 9.17) is 14.6 Å². The van der Waals surface area contributed by atoms with Gasteiger partial charge in [0.25, 0.3) is 0 Å². The van der Waals surface area contributed by atoms with Crippen LogP contribution in [0.4, 0.5) is 4.79 Å². The van der Waals surface area contributed by atoms with Gasteiger partial charge in [-0.15, -0.1) is 0 Å². The Hall–Kier alpha value is -2.78. The Labute approximate surface area is 157 Å². The molecule has 8 nitrogen and oxygen atoms in total. The fraction of sp³-hybridized carbons (Fsp3) is 0.278. The third-order valence-electron chi connectivity index (χ3n) is 4.11. The van der Waals surface area contributed by atoms with Crippen molar-refractivity contribution in [2.45, 2.75) is 24.0 Å². The summed E-state index contributed by atoms with van der Waals surface area (Å²) < 4.78 is 33.9. The summed E-state index contributed by atoms with van der Waals surface area (Å²) in [6.45, 7) is 2.43. The molecular weight excluding hydrogens is 370 g/mol. The standard InChI is InChI=1S/C18H21N3O5S/c1-12(13-6-8-15(9-7-13)27(19,23)24)21-18(22)20-10-14-11-25-16-4-2-3-5-17(16)26-14/h2-9,12,14H,10-11H2,1H3,(H2,19,23,24)(H2,20,21,22). The van der Waals surface area contributed by atoms with Gasteiger partial charge in [-0.1, -0.05) is 24.3 Å². The lowest BCUT2D eigenvalue weighted by Crippen LogP contribution is -2.45. The molecule has 0 aromatic heterocycles. The molecule has 0 saturated heterocycles. The van der Waals surface area contributed by atoms with Crippen LogP contribution in [0, 0.1) is 0 Å². The SMILES string of the molecule is CC(NC(=O)NCC1COc2ccccc2O1)c1ccc(S(N)(=O)=O)cc1. The summed E-state index contributed by atoms with van der Waals surface area (Å²) in [5.74, 6) is 1.34. The van der Waals surface area contributed by atoms with E-state index in [-0.39, 0.29) is 29.6 Å². The Morgan fingerprint density at radius 3 is 2.52 bits per heavy atom. The number of hydrogen-bond acceptors (Lipinski definition) is 5. The summed E-state index contributed by atoms with van der Waals surface area (Å²) in [5, 5.41) is 10.6. The average Bonchev–Trinajstić information content (AvgIpc) is 2.65. The van der Waals surface area contributed by atoms with E-state index in [0.717, 1.165) is 5.56 Å². The van der Waals surface area contributed by atoms with Gasteiger partial charge in [0.05, 0.1) is 17.5 Å². The number of para-hydroxylation sites is 2. The first-order valence-corrected chi connectivity index (χ1v) is 9.93. The second-order valence-corrected chi connectivity index (χ2v) is 7.75. The number of ether oxygens (including phenoxy) is 2. The van der Waals surface area contributed by atoms with Crippen molar-refractivity contribution in [3.05, 3.63) is 54.1 Å². The van der Waals surface area contributed by atoms with Crippen LogP contribution in [0.5, 0.6) is 11.5 Å². The van der Waals surface area contributed by atoms with E-state index in [2.05, 4.69) is 10.6 Å². The molecule has 0 fully saturated rings. The molecule has 0 radical (unpaired) electrons. The number of primary sulfonamides is 1.